The van der Waals surface area contributed by atoms with E-state index in [1.807, 2.05) is 19.1 Å². The highest BCUT2D eigenvalue weighted by atomic mass is 35.5. The second kappa shape index (κ2) is 8.03. The average molecular weight is 402 g/mol. The summed E-state index contributed by atoms with van der Waals surface area (Å²) >= 11 is 6.08. The first-order chi connectivity index (χ1) is 12.9. The minimum absolute atomic E-state index is 0.170. The van der Waals surface area contributed by atoms with Gasteiger partial charge < -0.3 is 4.74 Å². The molecule has 0 saturated heterocycles. The summed E-state index contributed by atoms with van der Waals surface area (Å²) < 4.78 is 33.3. The van der Waals surface area contributed by atoms with Crippen LogP contribution in [0.1, 0.15) is 11.1 Å². The van der Waals surface area contributed by atoms with Crippen LogP contribution in [0.3, 0.4) is 0 Å². The number of sulfonamides is 1. The molecular formula is C21H20ClNO3S. The molecule has 0 aliphatic heterocycles. The maximum atomic E-state index is 13.3. The van der Waals surface area contributed by atoms with Gasteiger partial charge in [-0.1, -0.05) is 41.4 Å². The van der Waals surface area contributed by atoms with Gasteiger partial charge in [0.05, 0.1) is 24.2 Å². The van der Waals surface area contributed by atoms with Gasteiger partial charge in [-0.05, 0) is 61.0 Å². The fourth-order valence-electron chi connectivity index (χ4n) is 2.70. The van der Waals surface area contributed by atoms with Gasteiger partial charge in [-0.15, -0.1) is 0 Å². The summed E-state index contributed by atoms with van der Waals surface area (Å²) in [6, 6.07) is 21.0. The number of nitrogens with zero attached hydrogens (tertiary/aromatic N) is 1. The van der Waals surface area contributed by atoms with E-state index in [1.165, 1.54) is 4.31 Å². The van der Waals surface area contributed by atoms with Crippen molar-refractivity contribution in [1.29, 1.82) is 0 Å². The molecule has 140 valence electrons. The minimum Gasteiger partial charge on any atom is -0.497 e. The smallest absolute Gasteiger partial charge is 0.264 e. The topological polar surface area (TPSA) is 46.6 Å². The van der Waals surface area contributed by atoms with E-state index in [-0.39, 0.29) is 11.4 Å². The molecule has 6 heteroatoms. The van der Waals surface area contributed by atoms with Crippen LogP contribution in [-0.2, 0) is 16.6 Å². The van der Waals surface area contributed by atoms with E-state index in [9.17, 15) is 8.42 Å². The van der Waals surface area contributed by atoms with Crippen LogP contribution in [0.5, 0.6) is 5.75 Å². The molecule has 3 aromatic rings. The molecule has 0 fully saturated rings. The van der Waals surface area contributed by atoms with Gasteiger partial charge in [0.2, 0.25) is 0 Å². The van der Waals surface area contributed by atoms with Gasteiger partial charge in [0, 0.05) is 5.02 Å². The van der Waals surface area contributed by atoms with Crippen molar-refractivity contribution in [2.75, 3.05) is 11.4 Å². The van der Waals surface area contributed by atoms with E-state index < -0.39 is 10.0 Å². The normalized spacial score (nSPS) is 11.2. The molecule has 0 amide bonds. The highest BCUT2D eigenvalue weighted by molar-refractivity contribution is 7.92. The standard InChI is InChI=1S/C21H20ClNO3S/c1-16-6-12-21(13-7-16)27(24,25)23(15-17-4-3-5-18(22)14-17)19-8-10-20(26-2)11-9-19/h3-14H,15H2,1-2H3. The van der Waals surface area contributed by atoms with Crippen molar-refractivity contribution >= 4 is 27.3 Å². The van der Waals surface area contributed by atoms with Gasteiger partial charge in [-0.2, -0.15) is 0 Å². The monoisotopic (exact) mass is 401 g/mol. The van der Waals surface area contributed by atoms with E-state index in [2.05, 4.69) is 0 Å². The number of hydrogen-bond donors (Lipinski definition) is 0. The molecule has 4 nitrogen and oxygen atoms in total. The van der Waals surface area contributed by atoms with Crippen LogP contribution in [0, 0.1) is 6.92 Å². The Morgan fingerprint density at radius 1 is 0.963 bits per heavy atom. The summed E-state index contributed by atoms with van der Waals surface area (Å²) in [5.74, 6) is 0.661. The molecule has 0 saturated carbocycles. The molecule has 0 aliphatic rings. The van der Waals surface area contributed by atoms with Crippen molar-refractivity contribution in [1.82, 2.24) is 0 Å². The van der Waals surface area contributed by atoms with Gasteiger partial charge in [-0.3, -0.25) is 4.31 Å². The van der Waals surface area contributed by atoms with Crippen molar-refractivity contribution in [2.45, 2.75) is 18.4 Å². The third kappa shape index (κ3) is 4.43. The number of rotatable bonds is 6. The first kappa shape index (κ1) is 19.3. The number of methoxy groups -OCH3 is 1. The van der Waals surface area contributed by atoms with Gasteiger partial charge >= 0.3 is 0 Å². The number of ether oxygens (including phenoxy) is 1. The van der Waals surface area contributed by atoms with E-state index in [1.54, 1.807) is 67.8 Å². The quantitative estimate of drug-likeness (QED) is 0.580. The molecule has 3 rings (SSSR count). The zero-order valence-corrected chi connectivity index (χ0v) is 16.7. The molecule has 0 aromatic heterocycles. The van der Waals surface area contributed by atoms with E-state index in [4.69, 9.17) is 16.3 Å². The van der Waals surface area contributed by atoms with Crippen molar-refractivity contribution < 1.29 is 13.2 Å². The first-order valence-corrected chi connectivity index (χ1v) is 10.2. The summed E-state index contributed by atoms with van der Waals surface area (Å²) in [7, 11) is -2.18. The van der Waals surface area contributed by atoms with Crippen LogP contribution >= 0.6 is 11.6 Å². The maximum Gasteiger partial charge on any atom is 0.264 e. The second-order valence-electron chi connectivity index (χ2n) is 6.15. The van der Waals surface area contributed by atoms with Crippen LogP contribution in [0.4, 0.5) is 5.69 Å². The Hall–Kier alpha value is -2.50. The highest BCUT2D eigenvalue weighted by Crippen LogP contribution is 2.28. The molecule has 27 heavy (non-hydrogen) atoms. The number of hydrogen-bond acceptors (Lipinski definition) is 3. The molecule has 3 aromatic carbocycles. The molecule has 0 radical (unpaired) electrons. The molecule has 0 aliphatic carbocycles. The molecule has 0 bridgehead atoms. The van der Waals surface area contributed by atoms with Gasteiger partial charge in [0.1, 0.15) is 5.75 Å². The van der Waals surface area contributed by atoms with Gasteiger partial charge in [0.25, 0.3) is 10.0 Å². The van der Waals surface area contributed by atoms with Crippen LogP contribution in [-0.4, -0.2) is 15.5 Å². The Kier molecular flexibility index (Phi) is 5.73. The maximum absolute atomic E-state index is 13.3. The third-order valence-corrected chi connectivity index (χ3v) is 6.21. The molecular weight excluding hydrogens is 382 g/mol. The summed E-state index contributed by atoms with van der Waals surface area (Å²) in [4.78, 5) is 0.242. The predicted octanol–water partition coefficient (Wildman–Crippen LogP) is 5.05. The lowest BCUT2D eigenvalue weighted by Gasteiger charge is -2.25. The first-order valence-electron chi connectivity index (χ1n) is 8.38. The van der Waals surface area contributed by atoms with Crippen LogP contribution < -0.4 is 9.04 Å². The SMILES string of the molecule is COc1ccc(N(Cc2cccc(Cl)c2)S(=O)(=O)c2ccc(C)cc2)cc1. The summed E-state index contributed by atoms with van der Waals surface area (Å²) in [6.07, 6.45) is 0. The van der Waals surface area contributed by atoms with E-state index >= 15 is 0 Å². The molecule has 0 spiro atoms. The van der Waals surface area contributed by atoms with Crippen molar-refractivity contribution in [3.8, 4) is 5.75 Å². The van der Waals surface area contributed by atoms with Crippen molar-refractivity contribution in [3.63, 3.8) is 0 Å². The van der Waals surface area contributed by atoms with Crippen LogP contribution in [0.2, 0.25) is 5.02 Å². The number of aryl methyl sites for hydroxylation is 1. The minimum atomic E-state index is -3.75. The summed E-state index contributed by atoms with van der Waals surface area (Å²) in [6.45, 7) is 2.09. The average Bonchev–Trinajstić information content (AvgIpc) is 2.66. The Morgan fingerprint density at radius 3 is 2.22 bits per heavy atom. The van der Waals surface area contributed by atoms with Gasteiger partial charge in [0.15, 0.2) is 0 Å². The Morgan fingerprint density at radius 2 is 1.63 bits per heavy atom. The van der Waals surface area contributed by atoms with Crippen molar-refractivity contribution in [3.05, 3.63) is 88.9 Å². The van der Waals surface area contributed by atoms with E-state index in [0.717, 1.165) is 11.1 Å². The Bertz CT molecular complexity index is 1020. The number of anilines is 1. The fraction of sp³-hybridized carbons (Fsp3) is 0.143. The fourth-order valence-corrected chi connectivity index (χ4v) is 4.37. The van der Waals surface area contributed by atoms with Gasteiger partial charge in [-0.25, -0.2) is 8.42 Å². The predicted molar refractivity (Wildman–Crippen MR) is 109 cm³/mol. The molecule has 0 unspecified atom stereocenters. The highest BCUT2D eigenvalue weighted by Gasteiger charge is 2.25. The summed E-state index contributed by atoms with van der Waals surface area (Å²) in [5, 5.41) is 0.565. The largest absolute Gasteiger partial charge is 0.497 e. The molecule has 0 heterocycles. The van der Waals surface area contributed by atoms with Crippen LogP contribution in [0.15, 0.2) is 77.7 Å². The second-order valence-corrected chi connectivity index (χ2v) is 8.45. The number of halogens is 1. The lowest BCUT2D eigenvalue weighted by Crippen LogP contribution is -2.30. The summed E-state index contributed by atoms with van der Waals surface area (Å²) in [5.41, 5.74) is 2.35. The zero-order valence-electron chi connectivity index (χ0n) is 15.1. The Balaban J connectivity index is 2.06. The van der Waals surface area contributed by atoms with Crippen LogP contribution in [0.25, 0.3) is 0 Å². The number of benzene rings is 3. The van der Waals surface area contributed by atoms with Crippen molar-refractivity contribution in [2.24, 2.45) is 0 Å². The Labute approximate surface area is 165 Å². The molecule has 0 atom stereocenters. The lowest BCUT2D eigenvalue weighted by molar-refractivity contribution is 0.415. The van der Waals surface area contributed by atoms with E-state index in [0.29, 0.717) is 16.5 Å². The third-order valence-electron chi connectivity index (χ3n) is 4.18. The molecule has 0 N–H and O–H groups in total. The zero-order chi connectivity index (χ0) is 19.4. The lowest BCUT2D eigenvalue weighted by atomic mass is 10.2.